The fourth-order valence-electron chi connectivity index (χ4n) is 3.90. The van der Waals surface area contributed by atoms with Gasteiger partial charge in [-0.15, -0.1) is 5.10 Å². The lowest BCUT2D eigenvalue weighted by Crippen LogP contribution is -2.46. The molecular formula is C22H28FN9O2. The number of hydrogen-bond acceptors (Lipinski definition) is 9. The molecular weight excluding hydrogens is 441 g/mol. The Hall–Kier alpha value is -3.80. The molecule has 1 aliphatic carbocycles. The second-order valence-corrected chi connectivity index (χ2v) is 8.25. The minimum atomic E-state index is -0.821. The summed E-state index contributed by atoms with van der Waals surface area (Å²) in [6.45, 7) is 4.12. The number of halogens is 1. The lowest BCUT2D eigenvalue weighted by atomic mass is 9.77. The minimum Gasteiger partial charge on any atom is -0.476 e. The summed E-state index contributed by atoms with van der Waals surface area (Å²) in [5.41, 5.74) is 12.5. The Bertz CT molecular complexity index is 1150. The van der Waals surface area contributed by atoms with Crippen LogP contribution in [0.4, 0.5) is 21.7 Å². The van der Waals surface area contributed by atoms with Crippen LogP contribution < -0.4 is 26.8 Å². The highest BCUT2D eigenvalue weighted by atomic mass is 19.1. The van der Waals surface area contributed by atoms with Crippen molar-refractivity contribution in [3.63, 3.8) is 0 Å². The number of amides is 1. The first-order chi connectivity index (χ1) is 16.4. The average molecular weight is 470 g/mol. The monoisotopic (exact) mass is 469 g/mol. The molecule has 0 bridgehead atoms. The van der Waals surface area contributed by atoms with Crippen LogP contribution in [0.25, 0.3) is 5.69 Å². The lowest BCUT2D eigenvalue weighted by Gasteiger charge is -2.37. The number of ether oxygens (including phenoxy) is 1. The molecule has 180 valence electrons. The molecule has 2 atom stereocenters. The summed E-state index contributed by atoms with van der Waals surface area (Å²) in [4.78, 5) is 20.7. The summed E-state index contributed by atoms with van der Waals surface area (Å²) >= 11 is 0. The fourth-order valence-corrected chi connectivity index (χ4v) is 3.90. The molecule has 3 aromatic heterocycles. The van der Waals surface area contributed by atoms with E-state index < -0.39 is 11.7 Å². The number of carbonyl (C=O) groups is 1. The number of nitrogens with zero attached hydrogens (tertiary/aromatic N) is 5. The zero-order valence-corrected chi connectivity index (χ0v) is 19.0. The maximum Gasteiger partial charge on any atom is 0.252 e. The van der Waals surface area contributed by atoms with Gasteiger partial charge >= 0.3 is 0 Å². The molecule has 0 aliphatic heterocycles. The first-order valence-electron chi connectivity index (χ1n) is 11.2. The number of carbonyl (C=O) groups excluding carboxylic acids is 1. The predicted octanol–water partition coefficient (Wildman–Crippen LogP) is 2.37. The van der Waals surface area contributed by atoms with Crippen molar-refractivity contribution in [2.45, 2.75) is 45.2 Å². The van der Waals surface area contributed by atoms with Crippen molar-refractivity contribution in [1.82, 2.24) is 25.0 Å². The first-order valence-corrected chi connectivity index (χ1v) is 11.2. The van der Waals surface area contributed by atoms with E-state index in [0.717, 1.165) is 25.3 Å². The van der Waals surface area contributed by atoms with E-state index in [0.29, 0.717) is 29.8 Å². The van der Waals surface area contributed by atoms with Gasteiger partial charge in [-0.05, 0) is 44.7 Å². The molecule has 1 saturated carbocycles. The Kier molecular flexibility index (Phi) is 6.87. The third kappa shape index (κ3) is 4.91. The van der Waals surface area contributed by atoms with Crippen molar-refractivity contribution >= 4 is 23.2 Å². The standard InChI is InChI=1S/C22H28FN9O2/c1-3-34-22-17(32-8-7-27-31-32)9-14(11-26-22)28-20-15(19(25)33)10-16(23)21(30-20)29-18(12(2)24)13-5-4-6-13/h7-13,18H,3-6,24H2,1-2H3,(H2,25,33)(H2,28,29,30)/t12-,18-/m0/s1. The molecule has 3 heterocycles. The van der Waals surface area contributed by atoms with Gasteiger partial charge in [-0.2, -0.15) is 0 Å². The number of rotatable bonds is 10. The summed E-state index contributed by atoms with van der Waals surface area (Å²) < 4.78 is 22.0. The van der Waals surface area contributed by atoms with Crippen LogP contribution in [0.1, 0.15) is 43.5 Å². The van der Waals surface area contributed by atoms with Crippen LogP contribution in [0.2, 0.25) is 0 Å². The molecule has 3 aromatic rings. The van der Waals surface area contributed by atoms with Crippen LogP contribution in [0.15, 0.2) is 30.7 Å². The van der Waals surface area contributed by atoms with Gasteiger partial charge in [0, 0.05) is 12.1 Å². The zero-order chi connectivity index (χ0) is 24.2. The molecule has 0 radical (unpaired) electrons. The Morgan fingerprint density at radius 3 is 2.74 bits per heavy atom. The highest BCUT2D eigenvalue weighted by Crippen LogP contribution is 2.33. The molecule has 6 N–H and O–H groups in total. The van der Waals surface area contributed by atoms with Crippen molar-refractivity contribution in [3.05, 3.63) is 42.1 Å². The van der Waals surface area contributed by atoms with Gasteiger partial charge in [-0.1, -0.05) is 11.6 Å². The van der Waals surface area contributed by atoms with Crippen molar-refractivity contribution < 1.29 is 13.9 Å². The summed E-state index contributed by atoms with van der Waals surface area (Å²) in [6, 6.07) is 2.42. The molecule has 12 heteroatoms. The molecule has 1 fully saturated rings. The molecule has 0 spiro atoms. The number of nitrogens with two attached hydrogens (primary N) is 2. The van der Waals surface area contributed by atoms with Gasteiger partial charge in [-0.3, -0.25) is 4.79 Å². The van der Waals surface area contributed by atoms with E-state index >= 15 is 0 Å². The van der Waals surface area contributed by atoms with Crippen molar-refractivity contribution in [2.24, 2.45) is 17.4 Å². The maximum atomic E-state index is 14.9. The van der Waals surface area contributed by atoms with Gasteiger partial charge in [0.25, 0.3) is 5.91 Å². The van der Waals surface area contributed by atoms with Crippen LogP contribution in [0.3, 0.4) is 0 Å². The summed E-state index contributed by atoms with van der Waals surface area (Å²) in [6.07, 6.45) is 7.84. The summed E-state index contributed by atoms with van der Waals surface area (Å²) in [5, 5.41) is 14.0. The largest absolute Gasteiger partial charge is 0.476 e. The van der Waals surface area contributed by atoms with E-state index in [1.54, 1.807) is 12.3 Å². The van der Waals surface area contributed by atoms with Crippen LogP contribution in [0.5, 0.6) is 5.88 Å². The number of hydrogen-bond donors (Lipinski definition) is 4. The number of primary amides is 1. The van der Waals surface area contributed by atoms with Gasteiger partial charge in [0.05, 0.1) is 36.4 Å². The second kappa shape index (κ2) is 10.00. The highest BCUT2D eigenvalue weighted by molar-refractivity contribution is 5.98. The van der Waals surface area contributed by atoms with Crippen LogP contribution in [-0.2, 0) is 0 Å². The van der Waals surface area contributed by atoms with Crippen LogP contribution >= 0.6 is 0 Å². The third-order valence-electron chi connectivity index (χ3n) is 5.81. The van der Waals surface area contributed by atoms with Crippen molar-refractivity contribution in [3.8, 4) is 11.6 Å². The normalized spacial score (nSPS) is 15.3. The molecule has 0 unspecified atom stereocenters. The average Bonchev–Trinajstić information content (AvgIpc) is 3.29. The molecule has 0 saturated heterocycles. The SMILES string of the molecule is CCOc1ncc(Nc2nc(N[C@H](C3CCC3)[C@H](C)N)c(F)cc2C(N)=O)cc1-n1ccnn1. The van der Waals surface area contributed by atoms with Gasteiger partial charge < -0.3 is 26.8 Å². The van der Waals surface area contributed by atoms with E-state index in [4.69, 9.17) is 16.2 Å². The topological polar surface area (TPSA) is 159 Å². The van der Waals surface area contributed by atoms with Gasteiger partial charge in [-0.25, -0.2) is 19.0 Å². The lowest BCUT2D eigenvalue weighted by molar-refractivity contribution is 0.100. The molecule has 11 nitrogen and oxygen atoms in total. The molecule has 1 amide bonds. The first kappa shape index (κ1) is 23.4. The number of pyridine rings is 2. The van der Waals surface area contributed by atoms with E-state index in [-0.39, 0.29) is 29.3 Å². The van der Waals surface area contributed by atoms with Gasteiger partial charge in [0.1, 0.15) is 11.5 Å². The molecule has 1 aliphatic rings. The number of aromatic nitrogens is 5. The number of nitrogens with one attached hydrogen (secondary N) is 2. The Balaban J connectivity index is 1.68. The zero-order valence-electron chi connectivity index (χ0n) is 19.0. The Morgan fingerprint density at radius 1 is 1.35 bits per heavy atom. The molecule has 0 aromatic carbocycles. The summed E-state index contributed by atoms with van der Waals surface area (Å²) in [7, 11) is 0. The number of anilines is 3. The predicted molar refractivity (Wildman–Crippen MR) is 125 cm³/mol. The third-order valence-corrected chi connectivity index (χ3v) is 5.81. The fraction of sp³-hybridized carbons (Fsp3) is 0.409. The van der Waals surface area contributed by atoms with E-state index in [9.17, 15) is 9.18 Å². The van der Waals surface area contributed by atoms with E-state index in [2.05, 4.69) is 30.9 Å². The minimum absolute atomic E-state index is 0.00269. The van der Waals surface area contributed by atoms with Gasteiger partial charge in [0.2, 0.25) is 5.88 Å². The molecule has 34 heavy (non-hydrogen) atoms. The maximum absolute atomic E-state index is 14.9. The molecule has 4 rings (SSSR count). The quantitative estimate of drug-likeness (QED) is 0.349. The van der Waals surface area contributed by atoms with Crippen molar-refractivity contribution in [2.75, 3.05) is 17.2 Å². The second-order valence-electron chi connectivity index (χ2n) is 8.25. The Morgan fingerprint density at radius 2 is 2.15 bits per heavy atom. The highest BCUT2D eigenvalue weighted by Gasteiger charge is 2.31. The van der Waals surface area contributed by atoms with Crippen LogP contribution in [0, 0.1) is 11.7 Å². The van der Waals surface area contributed by atoms with Crippen molar-refractivity contribution in [1.29, 1.82) is 0 Å². The summed E-state index contributed by atoms with van der Waals surface area (Å²) in [5.74, 6) is -0.727. The van der Waals surface area contributed by atoms with E-state index in [1.807, 2.05) is 13.8 Å². The smallest absolute Gasteiger partial charge is 0.252 e. The van der Waals surface area contributed by atoms with Crippen LogP contribution in [-0.4, -0.2) is 49.6 Å². The van der Waals surface area contributed by atoms with E-state index in [1.165, 1.54) is 17.1 Å². The Labute approximate surface area is 196 Å². The van der Waals surface area contributed by atoms with Gasteiger partial charge in [0.15, 0.2) is 11.6 Å².